The Morgan fingerprint density at radius 1 is 1.04 bits per heavy atom. The summed E-state index contributed by atoms with van der Waals surface area (Å²) in [5.41, 5.74) is 5.04. The molecule has 27 heavy (non-hydrogen) atoms. The van der Waals surface area contributed by atoms with Crippen LogP contribution in [0.25, 0.3) is 11.1 Å². The fraction of sp³-hybridized carbons (Fsp3) is 0.0909. The minimum atomic E-state index is -0.678. The molecule has 0 spiro atoms. The van der Waals surface area contributed by atoms with E-state index in [0.717, 1.165) is 22.3 Å². The molecule has 1 amide bonds. The molecule has 0 fully saturated rings. The molecule has 0 heterocycles. The molecular formula is C22H16N2O3. The molecule has 0 aromatic heterocycles. The Hall–Kier alpha value is -3.78. The number of carbonyl (C=O) groups excluding carboxylic acids is 1. The number of carbonyl (C=O) groups is 1. The van der Waals surface area contributed by atoms with Crippen molar-refractivity contribution in [3.05, 3.63) is 83.4 Å². The first-order valence-electron chi connectivity index (χ1n) is 8.52. The number of aromatic hydroxyl groups is 1. The third-order valence-electron chi connectivity index (χ3n) is 4.71. The van der Waals surface area contributed by atoms with E-state index >= 15 is 0 Å². The highest BCUT2D eigenvalue weighted by atomic mass is 16.5. The summed E-state index contributed by atoms with van der Waals surface area (Å²) in [6, 6.07) is 22.4. The molecule has 2 N–H and O–H groups in total. The van der Waals surface area contributed by atoms with Crippen LogP contribution in [0.4, 0.5) is 10.5 Å². The minimum Gasteiger partial charge on any atom is -0.506 e. The maximum atomic E-state index is 12.2. The van der Waals surface area contributed by atoms with Gasteiger partial charge in [0, 0.05) is 5.92 Å². The first-order valence-corrected chi connectivity index (χ1v) is 8.52. The predicted octanol–water partition coefficient (Wildman–Crippen LogP) is 4.62. The van der Waals surface area contributed by atoms with Crippen molar-refractivity contribution in [3.63, 3.8) is 0 Å². The molecule has 0 atom stereocenters. The Labute approximate surface area is 156 Å². The van der Waals surface area contributed by atoms with Gasteiger partial charge in [-0.25, -0.2) is 4.79 Å². The van der Waals surface area contributed by atoms with E-state index in [9.17, 15) is 9.90 Å². The van der Waals surface area contributed by atoms with E-state index < -0.39 is 6.09 Å². The van der Waals surface area contributed by atoms with Gasteiger partial charge in [-0.15, -0.1) is 0 Å². The SMILES string of the molecule is N#Cc1ccc(O)c(NC(=O)OCC2c3ccccc3-c3ccccc32)c1. The van der Waals surface area contributed by atoms with Crippen LogP contribution in [0.5, 0.6) is 5.75 Å². The molecule has 3 aromatic rings. The zero-order valence-electron chi connectivity index (χ0n) is 14.3. The van der Waals surface area contributed by atoms with Gasteiger partial charge in [-0.2, -0.15) is 5.26 Å². The molecule has 5 nitrogen and oxygen atoms in total. The van der Waals surface area contributed by atoms with Gasteiger partial charge in [0.25, 0.3) is 0 Å². The van der Waals surface area contributed by atoms with Crippen molar-refractivity contribution in [1.82, 2.24) is 0 Å². The monoisotopic (exact) mass is 356 g/mol. The lowest BCUT2D eigenvalue weighted by Crippen LogP contribution is -2.18. The number of nitrogens with one attached hydrogen (secondary N) is 1. The van der Waals surface area contributed by atoms with E-state index in [4.69, 9.17) is 10.00 Å². The lowest BCUT2D eigenvalue weighted by atomic mass is 9.98. The van der Waals surface area contributed by atoms with Crippen LogP contribution < -0.4 is 5.32 Å². The predicted molar refractivity (Wildman–Crippen MR) is 102 cm³/mol. The lowest BCUT2D eigenvalue weighted by molar-refractivity contribution is 0.158. The highest BCUT2D eigenvalue weighted by Crippen LogP contribution is 2.44. The molecule has 0 saturated carbocycles. The Morgan fingerprint density at radius 3 is 2.30 bits per heavy atom. The number of phenols is 1. The zero-order valence-corrected chi connectivity index (χ0v) is 14.3. The van der Waals surface area contributed by atoms with Gasteiger partial charge in [0.15, 0.2) is 0 Å². The fourth-order valence-electron chi connectivity index (χ4n) is 3.45. The highest BCUT2D eigenvalue weighted by Gasteiger charge is 2.29. The Kier molecular flexibility index (Phi) is 4.23. The van der Waals surface area contributed by atoms with Crippen molar-refractivity contribution >= 4 is 11.8 Å². The summed E-state index contributed by atoms with van der Waals surface area (Å²) in [7, 11) is 0. The molecule has 5 heteroatoms. The molecule has 0 radical (unpaired) electrons. The number of nitrogens with zero attached hydrogens (tertiary/aromatic N) is 1. The summed E-state index contributed by atoms with van der Waals surface area (Å²) < 4.78 is 5.43. The van der Waals surface area contributed by atoms with Crippen molar-refractivity contribution in [1.29, 1.82) is 5.26 Å². The van der Waals surface area contributed by atoms with Gasteiger partial charge in [0.05, 0.1) is 17.3 Å². The number of ether oxygens (including phenoxy) is 1. The number of phenolic OH excluding ortho intramolecular Hbond substituents is 1. The van der Waals surface area contributed by atoms with Crippen LogP contribution in [0, 0.1) is 11.3 Å². The number of amides is 1. The van der Waals surface area contributed by atoms with E-state index in [0.29, 0.717) is 5.56 Å². The second-order valence-electron chi connectivity index (χ2n) is 6.29. The average molecular weight is 356 g/mol. The van der Waals surface area contributed by atoms with Crippen LogP contribution in [-0.4, -0.2) is 17.8 Å². The number of anilines is 1. The Morgan fingerprint density at radius 2 is 1.67 bits per heavy atom. The summed E-state index contributed by atoms with van der Waals surface area (Å²) in [5.74, 6) is -0.162. The lowest BCUT2D eigenvalue weighted by Gasteiger charge is -2.15. The molecule has 0 unspecified atom stereocenters. The molecule has 1 aliphatic carbocycles. The van der Waals surface area contributed by atoms with Crippen LogP contribution >= 0.6 is 0 Å². The number of fused-ring (bicyclic) bond motifs is 3. The number of benzene rings is 3. The Balaban J connectivity index is 1.51. The summed E-state index contributed by atoms with van der Waals surface area (Å²) in [6.07, 6.45) is -0.678. The second kappa shape index (κ2) is 6.85. The van der Waals surface area contributed by atoms with Crippen LogP contribution in [0.2, 0.25) is 0 Å². The maximum Gasteiger partial charge on any atom is 0.411 e. The van der Waals surface area contributed by atoms with Gasteiger partial charge >= 0.3 is 6.09 Å². The van der Waals surface area contributed by atoms with E-state index in [1.54, 1.807) is 0 Å². The van der Waals surface area contributed by atoms with Gasteiger partial charge in [0.1, 0.15) is 12.4 Å². The molecule has 4 rings (SSSR count). The molecule has 0 bridgehead atoms. The second-order valence-corrected chi connectivity index (χ2v) is 6.29. The van der Waals surface area contributed by atoms with E-state index in [1.165, 1.54) is 18.2 Å². The number of nitriles is 1. The largest absolute Gasteiger partial charge is 0.506 e. The molecule has 0 aliphatic heterocycles. The van der Waals surface area contributed by atoms with Crippen molar-refractivity contribution in [2.24, 2.45) is 0 Å². The van der Waals surface area contributed by atoms with Gasteiger partial charge in [-0.05, 0) is 40.5 Å². The van der Waals surface area contributed by atoms with E-state index in [-0.39, 0.29) is 24.0 Å². The van der Waals surface area contributed by atoms with Gasteiger partial charge < -0.3 is 9.84 Å². The van der Waals surface area contributed by atoms with Gasteiger partial charge in [-0.3, -0.25) is 5.32 Å². The van der Waals surface area contributed by atoms with Gasteiger partial charge in [-0.1, -0.05) is 48.5 Å². The number of hydrogen-bond acceptors (Lipinski definition) is 4. The first-order chi connectivity index (χ1) is 13.2. The maximum absolute atomic E-state index is 12.2. The van der Waals surface area contributed by atoms with Crippen LogP contribution in [-0.2, 0) is 4.74 Å². The molecule has 1 aliphatic rings. The average Bonchev–Trinajstić information content (AvgIpc) is 3.02. The van der Waals surface area contributed by atoms with Gasteiger partial charge in [0.2, 0.25) is 0 Å². The summed E-state index contributed by atoms with van der Waals surface area (Å²) in [4.78, 5) is 12.2. The molecule has 0 saturated heterocycles. The number of rotatable bonds is 3. The van der Waals surface area contributed by atoms with Crippen molar-refractivity contribution < 1.29 is 14.6 Å². The molecule has 132 valence electrons. The Bertz CT molecular complexity index is 1020. The smallest absolute Gasteiger partial charge is 0.411 e. The normalized spacial score (nSPS) is 12.0. The third-order valence-corrected chi connectivity index (χ3v) is 4.71. The summed E-state index contributed by atoms with van der Waals surface area (Å²) in [6.45, 7) is 0.179. The first kappa shape index (κ1) is 16.7. The fourth-order valence-corrected chi connectivity index (χ4v) is 3.45. The third kappa shape index (κ3) is 3.09. The standard InChI is InChI=1S/C22H16N2O3/c23-12-14-9-10-21(25)20(11-14)24-22(26)27-13-19-17-7-3-1-5-15(17)16-6-2-4-8-18(16)19/h1-11,19,25H,13H2,(H,24,26). The minimum absolute atomic E-state index is 0.0396. The van der Waals surface area contributed by atoms with Crippen molar-refractivity contribution in [2.75, 3.05) is 11.9 Å². The zero-order chi connectivity index (χ0) is 18.8. The highest BCUT2D eigenvalue weighted by molar-refractivity contribution is 5.87. The molecule has 3 aromatic carbocycles. The number of hydrogen-bond donors (Lipinski definition) is 2. The quantitative estimate of drug-likeness (QED) is 0.671. The van der Waals surface area contributed by atoms with Crippen LogP contribution in [0.3, 0.4) is 0 Å². The van der Waals surface area contributed by atoms with Crippen LogP contribution in [0.1, 0.15) is 22.6 Å². The summed E-state index contributed by atoms with van der Waals surface area (Å²) in [5, 5.41) is 21.3. The topological polar surface area (TPSA) is 82.4 Å². The van der Waals surface area contributed by atoms with Crippen molar-refractivity contribution in [2.45, 2.75) is 5.92 Å². The summed E-state index contributed by atoms with van der Waals surface area (Å²) >= 11 is 0. The molecular weight excluding hydrogens is 340 g/mol. The van der Waals surface area contributed by atoms with E-state index in [2.05, 4.69) is 17.4 Å². The van der Waals surface area contributed by atoms with Crippen LogP contribution in [0.15, 0.2) is 66.7 Å². The van der Waals surface area contributed by atoms with Crippen molar-refractivity contribution in [3.8, 4) is 22.9 Å². The van der Waals surface area contributed by atoms with E-state index in [1.807, 2.05) is 42.5 Å².